The fourth-order valence-electron chi connectivity index (χ4n) is 2.85. The molecule has 138 valence electrons. The Hall–Kier alpha value is -3.02. The second-order valence-electron chi connectivity index (χ2n) is 6.06. The molecule has 1 fully saturated rings. The molecule has 1 heterocycles. The summed E-state index contributed by atoms with van der Waals surface area (Å²) < 4.78 is 0. The zero-order valence-electron chi connectivity index (χ0n) is 14.6. The van der Waals surface area contributed by atoms with Gasteiger partial charge in [0.25, 0.3) is 5.91 Å². The van der Waals surface area contributed by atoms with E-state index in [9.17, 15) is 9.59 Å². The van der Waals surface area contributed by atoms with Gasteiger partial charge in [-0.05, 0) is 48.0 Å². The maximum atomic E-state index is 12.8. The minimum atomic E-state index is -0.494. The summed E-state index contributed by atoms with van der Waals surface area (Å²) in [6, 6.07) is 23.9. The highest BCUT2D eigenvalue weighted by molar-refractivity contribution is 7.99. The summed E-state index contributed by atoms with van der Waals surface area (Å²) in [7, 11) is 0. The van der Waals surface area contributed by atoms with Crippen molar-refractivity contribution in [2.45, 2.75) is 9.79 Å². The smallest absolute Gasteiger partial charge is 0.302 e. The summed E-state index contributed by atoms with van der Waals surface area (Å²) in [5, 5.41) is 3.12. The standard InChI is InChI=1S/C22H15ClN2O2S/c23-16-8-6-9-17(14-16)25-21(26)19(24-22(25)27)13-15-7-4-5-12-20(15)28-18-10-2-1-3-11-18/h1-14H,(H,24,27). The summed E-state index contributed by atoms with van der Waals surface area (Å²) in [6.45, 7) is 0. The molecule has 0 spiro atoms. The van der Waals surface area contributed by atoms with Crippen LogP contribution in [-0.4, -0.2) is 11.9 Å². The van der Waals surface area contributed by atoms with Crippen molar-refractivity contribution in [3.63, 3.8) is 0 Å². The molecule has 1 aliphatic heterocycles. The average molecular weight is 407 g/mol. The van der Waals surface area contributed by atoms with Gasteiger partial charge in [-0.25, -0.2) is 9.69 Å². The van der Waals surface area contributed by atoms with Gasteiger partial charge in [-0.3, -0.25) is 4.79 Å². The average Bonchev–Trinajstić information content (AvgIpc) is 2.97. The molecular weight excluding hydrogens is 392 g/mol. The molecule has 6 heteroatoms. The van der Waals surface area contributed by atoms with E-state index in [-0.39, 0.29) is 5.70 Å². The van der Waals surface area contributed by atoms with E-state index in [0.29, 0.717) is 10.7 Å². The third-order valence-corrected chi connectivity index (χ3v) is 5.47. The molecule has 4 rings (SSSR count). The Morgan fingerprint density at radius 3 is 2.43 bits per heavy atom. The lowest BCUT2D eigenvalue weighted by molar-refractivity contribution is -0.113. The van der Waals surface area contributed by atoms with E-state index in [0.717, 1.165) is 20.3 Å². The first-order valence-electron chi connectivity index (χ1n) is 8.56. The van der Waals surface area contributed by atoms with Crippen molar-refractivity contribution < 1.29 is 9.59 Å². The predicted molar refractivity (Wildman–Crippen MR) is 112 cm³/mol. The Kier molecular flexibility index (Phi) is 5.19. The third-order valence-electron chi connectivity index (χ3n) is 4.13. The molecular formula is C22H15ClN2O2S. The van der Waals surface area contributed by atoms with Crippen LogP contribution < -0.4 is 10.2 Å². The SMILES string of the molecule is O=C1NC(=Cc2ccccc2Sc2ccccc2)C(=O)N1c1cccc(Cl)c1. The number of hydrogen-bond donors (Lipinski definition) is 1. The van der Waals surface area contributed by atoms with Gasteiger partial charge in [-0.2, -0.15) is 0 Å². The molecule has 0 bridgehead atoms. The lowest BCUT2D eigenvalue weighted by Gasteiger charge is -2.11. The first-order chi connectivity index (χ1) is 13.6. The summed E-state index contributed by atoms with van der Waals surface area (Å²) in [5.74, 6) is -0.410. The number of benzene rings is 3. The van der Waals surface area contributed by atoms with Crippen LogP contribution in [0.2, 0.25) is 5.02 Å². The Balaban J connectivity index is 1.65. The molecule has 0 aliphatic carbocycles. The van der Waals surface area contributed by atoms with Gasteiger partial charge in [0.15, 0.2) is 0 Å². The molecule has 3 aromatic carbocycles. The van der Waals surface area contributed by atoms with E-state index in [2.05, 4.69) is 5.32 Å². The molecule has 0 saturated carbocycles. The Morgan fingerprint density at radius 1 is 0.893 bits per heavy atom. The Morgan fingerprint density at radius 2 is 1.64 bits per heavy atom. The van der Waals surface area contributed by atoms with Crippen LogP contribution in [0.15, 0.2) is 94.4 Å². The fraction of sp³-hybridized carbons (Fsp3) is 0. The molecule has 4 nitrogen and oxygen atoms in total. The van der Waals surface area contributed by atoms with Crippen molar-refractivity contribution in [3.8, 4) is 0 Å². The largest absolute Gasteiger partial charge is 0.333 e. The lowest BCUT2D eigenvalue weighted by Crippen LogP contribution is -2.30. The van der Waals surface area contributed by atoms with E-state index in [1.807, 2.05) is 54.6 Å². The topological polar surface area (TPSA) is 49.4 Å². The molecule has 0 unspecified atom stereocenters. The van der Waals surface area contributed by atoms with Gasteiger partial charge in [0.1, 0.15) is 5.70 Å². The zero-order valence-corrected chi connectivity index (χ0v) is 16.2. The highest BCUT2D eigenvalue weighted by Crippen LogP contribution is 2.32. The minimum Gasteiger partial charge on any atom is -0.302 e. The fourth-order valence-corrected chi connectivity index (χ4v) is 3.97. The van der Waals surface area contributed by atoms with Crippen molar-refractivity contribution >= 4 is 47.1 Å². The summed E-state index contributed by atoms with van der Waals surface area (Å²) in [6.07, 6.45) is 1.70. The molecule has 1 N–H and O–H groups in total. The van der Waals surface area contributed by atoms with Crippen LogP contribution in [0.25, 0.3) is 6.08 Å². The second kappa shape index (κ2) is 7.92. The number of imide groups is 1. The van der Waals surface area contributed by atoms with E-state index in [1.54, 1.807) is 42.1 Å². The minimum absolute atomic E-state index is 0.228. The summed E-state index contributed by atoms with van der Waals surface area (Å²) in [4.78, 5) is 28.4. The third kappa shape index (κ3) is 3.81. The number of nitrogens with one attached hydrogen (secondary N) is 1. The van der Waals surface area contributed by atoms with Gasteiger partial charge in [-0.1, -0.05) is 65.8 Å². The molecule has 1 aliphatic rings. The van der Waals surface area contributed by atoms with Gasteiger partial charge >= 0.3 is 6.03 Å². The van der Waals surface area contributed by atoms with Crippen LogP contribution in [0.5, 0.6) is 0 Å². The van der Waals surface area contributed by atoms with Crippen molar-refractivity contribution in [3.05, 3.63) is 95.1 Å². The van der Waals surface area contributed by atoms with Gasteiger partial charge in [-0.15, -0.1) is 0 Å². The Bertz CT molecular complexity index is 1080. The van der Waals surface area contributed by atoms with Crippen molar-refractivity contribution in [1.82, 2.24) is 5.32 Å². The number of hydrogen-bond acceptors (Lipinski definition) is 3. The number of carbonyl (C=O) groups excluding carboxylic acids is 2. The molecule has 28 heavy (non-hydrogen) atoms. The molecule has 0 atom stereocenters. The number of rotatable bonds is 4. The van der Waals surface area contributed by atoms with Crippen LogP contribution in [0.4, 0.5) is 10.5 Å². The van der Waals surface area contributed by atoms with Crippen molar-refractivity contribution in [2.75, 3.05) is 4.90 Å². The van der Waals surface area contributed by atoms with Crippen molar-refractivity contribution in [1.29, 1.82) is 0 Å². The van der Waals surface area contributed by atoms with Crippen LogP contribution in [0, 0.1) is 0 Å². The van der Waals surface area contributed by atoms with Crippen LogP contribution in [0.3, 0.4) is 0 Å². The normalized spacial score (nSPS) is 15.2. The number of carbonyl (C=O) groups is 2. The van der Waals surface area contributed by atoms with Crippen LogP contribution >= 0.6 is 23.4 Å². The maximum Gasteiger partial charge on any atom is 0.333 e. The highest BCUT2D eigenvalue weighted by Gasteiger charge is 2.35. The first-order valence-corrected chi connectivity index (χ1v) is 9.76. The number of nitrogens with zero attached hydrogens (tertiary/aromatic N) is 1. The number of anilines is 1. The summed E-state index contributed by atoms with van der Waals surface area (Å²) >= 11 is 7.59. The highest BCUT2D eigenvalue weighted by atomic mass is 35.5. The number of urea groups is 1. The monoisotopic (exact) mass is 406 g/mol. The van der Waals surface area contributed by atoms with E-state index < -0.39 is 11.9 Å². The van der Waals surface area contributed by atoms with E-state index in [1.165, 1.54) is 0 Å². The number of amides is 3. The molecule has 0 radical (unpaired) electrons. The van der Waals surface area contributed by atoms with E-state index in [4.69, 9.17) is 11.6 Å². The predicted octanol–water partition coefficient (Wildman–Crippen LogP) is 5.59. The van der Waals surface area contributed by atoms with Crippen LogP contribution in [0.1, 0.15) is 5.56 Å². The molecule has 1 saturated heterocycles. The lowest BCUT2D eigenvalue weighted by atomic mass is 10.2. The summed E-state index contributed by atoms with van der Waals surface area (Å²) in [5.41, 5.74) is 1.52. The molecule has 3 aromatic rings. The van der Waals surface area contributed by atoms with Crippen LogP contribution in [-0.2, 0) is 4.79 Å². The maximum absolute atomic E-state index is 12.8. The van der Waals surface area contributed by atoms with Crippen molar-refractivity contribution in [2.24, 2.45) is 0 Å². The van der Waals surface area contributed by atoms with Gasteiger partial charge in [0.2, 0.25) is 0 Å². The number of halogens is 1. The van der Waals surface area contributed by atoms with E-state index >= 15 is 0 Å². The molecule has 0 aromatic heterocycles. The van der Waals surface area contributed by atoms with Gasteiger partial charge in [0, 0.05) is 14.8 Å². The van der Waals surface area contributed by atoms with Gasteiger partial charge < -0.3 is 5.32 Å². The quantitative estimate of drug-likeness (QED) is 0.454. The van der Waals surface area contributed by atoms with Gasteiger partial charge in [0.05, 0.1) is 5.69 Å². The zero-order chi connectivity index (χ0) is 19.5. The first kappa shape index (κ1) is 18.3. The second-order valence-corrected chi connectivity index (χ2v) is 7.61. The molecule has 3 amide bonds. The Labute approximate surface area is 171 Å².